The van der Waals surface area contributed by atoms with Crippen molar-refractivity contribution in [1.29, 1.82) is 0 Å². The highest BCUT2D eigenvalue weighted by atomic mass is 32.2. The lowest BCUT2D eigenvalue weighted by molar-refractivity contribution is 0.0691. The van der Waals surface area contributed by atoms with Crippen molar-refractivity contribution in [3.05, 3.63) is 35.4 Å². The molecule has 2 rings (SSSR count). The van der Waals surface area contributed by atoms with E-state index in [1.807, 2.05) is 6.92 Å². The Bertz CT molecular complexity index is 744. The van der Waals surface area contributed by atoms with E-state index in [2.05, 4.69) is 14.8 Å². The third-order valence-electron chi connectivity index (χ3n) is 2.99. The van der Waals surface area contributed by atoms with Gasteiger partial charge in [-0.25, -0.2) is 17.9 Å². The summed E-state index contributed by atoms with van der Waals surface area (Å²) in [6, 6.07) is 1.07. The van der Waals surface area contributed by atoms with E-state index >= 15 is 0 Å². The number of aromatic amines is 1. The Kier molecular flexibility index (Phi) is 3.64. The second-order valence-electron chi connectivity index (χ2n) is 4.26. The molecule has 0 unspecified atom stereocenters. The Morgan fingerprint density at radius 3 is 2.75 bits per heavy atom. The average molecular weight is 298 g/mol. The summed E-state index contributed by atoms with van der Waals surface area (Å²) in [6.07, 6.45) is 2.72. The van der Waals surface area contributed by atoms with Gasteiger partial charge in [0, 0.05) is 31.0 Å². The molecule has 0 saturated heterocycles. The molecule has 0 aliphatic rings. The Labute approximate surface area is 115 Å². The second kappa shape index (κ2) is 5.10. The number of carboxylic acids is 1. The number of nitrogens with one attached hydrogen (secondary N) is 2. The predicted molar refractivity (Wildman–Crippen MR) is 69.7 cm³/mol. The molecular formula is C11H14N4O4S. The predicted octanol–water partition coefficient (Wildman–Crippen LogP) is 0.233. The van der Waals surface area contributed by atoms with Crippen LogP contribution in [0.25, 0.3) is 0 Å². The first-order valence-electron chi connectivity index (χ1n) is 5.70. The second-order valence-corrected chi connectivity index (χ2v) is 6.02. The number of aromatic nitrogens is 3. The van der Waals surface area contributed by atoms with Gasteiger partial charge >= 0.3 is 5.97 Å². The van der Waals surface area contributed by atoms with Crippen LogP contribution in [0.1, 0.15) is 21.7 Å². The maximum absolute atomic E-state index is 12.0. The quantitative estimate of drug-likeness (QED) is 0.730. The van der Waals surface area contributed by atoms with E-state index in [-0.39, 0.29) is 17.1 Å². The van der Waals surface area contributed by atoms with Crippen molar-refractivity contribution in [2.24, 2.45) is 7.05 Å². The molecule has 0 amide bonds. The van der Waals surface area contributed by atoms with Crippen molar-refractivity contribution in [2.45, 2.75) is 18.4 Å². The number of carbonyl (C=O) groups is 1. The monoisotopic (exact) mass is 298 g/mol. The average Bonchev–Trinajstić information content (AvgIpc) is 2.97. The highest BCUT2D eigenvalue weighted by molar-refractivity contribution is 7.89. The number of hydrogen-bond donors (Lipinski definition) is 3. The van der Waals surface area contributed by atoms with Crippen LogP contribution in [0.3, 0.4) is 0 Å². The van der Waals surface area contributed by atoms with Crippen LogP contribution in [0.5, 0.6) is 0 Å². The molecule has 0 spiro atoms. The van der Waals surface area contributed by atoms with Crippen LogP contribution in [-0.2, 0) is 23.6 Å². The van der Waals surface area contributed by atoms with Gasteiger partial charge in [-0.2, -0.15) is 5.10 Å². The van der Waals surface area contributed by atoms with Gasteiger partial charge in [0.2, 0.25) is 10.0 Å². The minimum atomic E-state index is -3.76. The lowest BCUT2D eigenvalue weighted by Crippen LogP contribution is -2.23. The fourth-order valence-corrected chi connectivity index (χ4v) is 2.63. The van der Waals surface area contributed by atoms with Gasteiger partial charge in [0.05, 0.1) is 6.20 Å². The minimum absolute atomic E-state index is 0.0928. The summed E-state index contributed by atoms with van der Waals surface area (Å²) in [5.41, 5.74) is 1.43. The van der Waals surface area contributed by atoms with Crippen LogP contribution in [0, 0.1) is 6.92 Å². The molecule has 2 heterocycles. The van der Waals surface area contributed by atoms with Gasteiger partial charge in [-0.15, -0.1) is 0 Å². The Balaban J connectivity index is 2.15. The first-order chi connectivity index (χ1) is 9.31. The third-order valence-corrected chi connectivity index (χ3v) is 4.37. The van der Waals surface area contributed by atoms with E-state index in [0.29, 0.717) is 0 Å². The summed E-state index contributed by atoms with van der Waals surface area (Å²) in [7, 11) is -2.00. The Morgan fingerprint density at radius 1 is 1.55 bits per heavy atom. The summed E-state index contributed by atoms with van der Waals surface area (Å²) < 4.78 is 28.1. The first kappa shape index (κ1) is 14.3. The molecule has 9 heteroatoms. The zero-order valence-corrected chi connectivity index (χ0v) is 11.7. The molecule has 0 saturated carbocycles. The molecule has 0 fully saturated rings. The summed E-state index contributed by atoms with van der Waals surface area (Å²) >= 11 is 0. The standard InChI is InChI=1S/C11H14N4O4S/c1-7-8(4-13-15(7)2)5-14-20(18,19)9-3-10(11(16)17)12-6-9/h3-4,6,12,14H,5H2,1-2H3,(H,16,17). The molecule has 0 atom stereocenters. The summed E-state index contributed by atoms with van der Waals surface area (Å²) in [4.78, 5) is 13.0. The first-order valence-corrected chi connectivity index (χ1v) is 7.18. The van der Waals surface area contributed by atoms with E-state index in [9.17, 15) is 13.2 Å². The molecule has 0 aromatic carbocycles. The number of aromatic carboxylic acids is 1. The Hall–Kier alpha value is -2.13. The number of rotatable bonds is 5. The Morgan fingerprint density at radius 2 is 2.25 bits per heavy atom. The van der Waals surface area contributed by atoms with Crippen LogP contribution in [-0.4, -0.2) is 34.3 Å². The maximum atomic E-state index is 12.0. The highest BCUT2D eigenvalue weighted by Crippen LogP contribution is 2.12. The van der Waals surface area contributed by atoms with Crippen LogP contribution in [0.2, 0.25) is 0 Å². The van der Waals surface area contributed by atoms with Crippen molar-refractivity contribution in [3.8, 4) is 0 Å². The summed E-state index contributed by atoms with van der Waals surface area (Å²) in [5, 5.41) is 12.8. The molecule has 0 radical (unpaired) electrons. The van der Waals surface area contributed by atoms with Crippen molar-refractivity contribution < 1.29 is 18.3 Å². The van der Waals surface area contributed by atoms with Crippen molar-refractivity contribution in [1.82, 2.24) is 19.5 Å². The number of nitrogens with zero attached hydrogens (tertiary/aromatic N) is 2. The highest BCUT2D eigenvalue weighted by Gasteiger charge is 2.18. The topological polar surface area (TPSA) is 117 Å². The zero-order valence-electron chi connectivity index (χ0n) is 10.9. The van der Waals surface area contributed by atoms with E-state index in [1.165, 1.54) is 0 Å². The summed E-state index contributed by atoms with van der Waals surface area (Å²) in [6.45, 7) is 1.92. The van der Waals surface area contributed by atoms with Crippen molar-refractivity contribution in [3.63, 3.8) is 0 Å². The molecule has 3 N–H and O–H groups in total. The fraction of sp³-hybridized carbons (Fsp3) is 0.273. The van der Waals surface area contributed by atoms with E-state index in [1.54, 1.807) is 17.9 Å². The third kappa shape index (κ3) is 2.73. The van der Waals surface area contributed by atoms with Crippen LogP contribution in [0.4, 0.5) is 0 Å². The largest absolute Gasteiger partial charge is 0.477 e. The summed E-state index contributed by atoms with van der Waals surface area (Å²) in [5.74, 6) is -1.21. The molecule has 20 heavy (non-hydrogen) atoms. The number of aryl methyl sites for hydroxylation is 1. The molecule has 108 valence electrons. The zero-order chi connectivity index (χ0) is 14.9. The van der Waals surface area contributed by atoms with E-state index < -0.39 is 16.0 Å². The van der Waals surface area contributed by atoms with Gasteiger partial charge in [0.25, 0.3) is 0 Å². The molecule has 2 aromatic heterocycles. The number of H-pyrrole nitrogens is 1. The van der Waals surface area contributed by atoms with Gasteiger partial charge in [-0.3, -0.25) is 4.68 Å². The van der Waals surface area contributed by atoms with Crippen LogP contribution in [0.15, 0.2) is 23.4 Å². The maximum Gasteiger partial charge on any atom is 0.352 e. The molecule has 8 nitrogen and oxygen atoms in total. The lowest BCUT2D eigenvalue weighted by atomic mass is 10.3. The number of carboxylic acid groups (broad SMARTS) is 1. The fourth-order valence-electron chi connectivity index (χ4n) is 1.63. The smallest absolute Gasteiger partial charge is 0.352 e. The van der Waals surface area contributed by atoms with Crippen LogP contribution < -0.4 is 4.72 Å². The van der Waals surface area contributed by atoms with E-state index in [4.69, 9.17) is 5.11 Å². The van der Waals surface area contributed by atoms with Crippen molar-refractivity contribution in [2.75, 3.05) is 0 Å². The number of hydrogen-bond acceptors (Lipinski definition) is 4. The van der Waals surface area contributed by atoms with Gasteiger partial charge in [0.1, 0.15) is 10.6 Å². The van der Waals surface area contributed by atoms with Gasteiger partial charge in [-0.05, 0) is 13.0 Å². The molecule has 2 aromatic rings. The van der Waals surface area contributed by atoms with Gasteiger partial charge in [-0.1, -0.05) is 0 Å². The van der Waals surface area contributed by atoms with Gasteiger partial charge < -0.3 is 10.1 Å². The number of sulfonamides is 1. The van der Waals surface area contributed by atoms with Crippen LogP contribution >= 0.6 is 0 Å². The molecule has 0 aliphatic heterocycles. The normalized spacial score (nSPS) is 11.7. The minimum Gasteiger partial charge on any atom is -0.477 e. The molecular weight excluding hydrogens is 284 g/mol. The van der Waals surface area contributed by atoms with Crippen molar-refractivity contribution >= 4 is 16.0 Å². The lowest BCUT2D eigenvalue weighted by Gasteiger charge is -2.04. The van der Waals surface area contributed by atoms with Gasteiger partial charge in [0.15, 0.2) is 0 Å². The molecule has 0 aliphatic carbocycles. The SMILES string of the molecule is Cc1c(CNS(=O)(=O)c2c[nH]c(C(=O)O)c2)cnn1C. The van der Waals surface area contributed by atoms with E-state index in [0.717, 1.165) is 23.5 Å². The molecule has 0 bridgehead atoms.